The number of rotatable bonds is 9. The van der Waals surface area contributed by atoms with Crippen LogP contribution in [0.1, 0.15) is 42.1 Å². The summed E-state index contributed by atoms with van der Waals surface area (Å²) in [5.74, 6) is -1.07. The maximum absolute atomic E-state index is 12.2. The molecule has 24 heavy (non-hydrogen) atoms. The molecule has 0 radical (unpaired) electrons. The number of carboxylic acid groups (broad SMARTS) is 1. The van der Waals surface area contributed by atoms with Gasteiger partial charge in [-0.3, -0.25) is 4.79 Å². The van der Waals surface area contributed by atoms with Crippen LogP contribution < -0.4 is 10.0 Å². The Balaban J connectivity index is 1.93. The first-order valence-electron chi connectivity index (χ1n) is 7.90. The van der Waals surface area contributed by atoms with Crippen LogP contribution in [0.2, 0.25) is 0 Å². The Morgan fingerprint density at radius 1 is 1.25 bits per heavy atom. The van der Waals surface area contributed by atoms with Crippen molar-refractivity contribution in [3.63, 3.8) is 0 Å². The van der Waals surface area contributed by atoms with Crippen LogP contribution in [0.3, 0.4) is 0 Å². The predicted octanol–water partition coefficient (Wildman–Crippen LogP) is 1.11. The van der Waals surface area contributed by atoms with Crippen LogP contribution in [0, 0.1) is 5.92 Å². The summed E-state index contributed by atoms with van der Waals surface area (Å²) < 4.78 is 25.2. The van der Waals surface area contributed by atoms with Crippen molar-refractivity contribution < 1.29 is 23.1 Å². The molecular weight excluding hydrogens is 332 g/mol. The van der Waals surface area contributed by atoms with Gasteiger partial charge in [0.2, 0.25) is 10.0 Å². The van der Waals surface area contributed by atoms with Crippen LogP contribution in [-0.4, -0.2) is 37.2 Å². The lowest BCUT2D eigenvalue weighted by atomic mass is 10.1. The molecule has 132 valence electrons. The number of sulfonamides is 1. The third-order valence-electron chi connectivity index (χ3n) is 3.96. The Morgan fingerprint density at radius 2 is 1.88 bits per heavy atom. The molecule has 3 N–H and O–H groups in total. The zero-order valence-corrected chi connectivity index (χ0v) is 14.3. The van der Waals surface area contributed by atoms with Gasteiger partial charge in [-0.2, -0.15) is 0 Å². The molecule has 1 saturated carbocycles. The summed E-state index contributed by atoms with van der Waals surface area (Å²) in [7, 11) is -3.27. The van der Waals surface area contributed by atoms with Crippen molar-refractivity contribution in [2.24, 2.45) is 5.92 Å². The molecule has 1 unspecified atom stereocenters. The number of benzene rings is 1. The second-order valence-corrected chi connectivity index (χ2v) is 8.06. The zero-order chi connectivity index (χ0) is 17.7. The molecule has 0 bridgehead atoms. The van der Waals surface area contributed by atoms with Gasteiger partial charge >= 0.3 is 5.97 Å². The Morgan fingerprint density at radius 3 is 2.38 bits per heavy atom. The van der Waals surface area contributed by atoms with Gasteiger partial charge in [-0.25, -0.2) is 17.9 Å². The Bertz CT molecular complexity index is 696. The van der Waals surface area contributed by atoms with E-state index in [1.54, 1.807) is 31.2 Å². The lowest BCUT2D eigenvalue weighted by Gasteiger charge is -2.14. The molecule has 7 nitrogen and oxygen atoms in total. The minimum absolute atomic E-state index is 0.00502. The second kappa shape index (κ2) is 7.76. The summed E-state index contributed by atoms with van der Waals surface area (Å²) in [5, 5.41) is 11.7. The summed E-state index contributed by atoms with van der Waals surface area (Å²) in [4.78, 5) is 23.4. The van der Waals surface area contributed by atoms with Crippen LogP contribution in [-0.2, 0) is 21.4 Å². The highest BCUT2D eigenvalue weighted by Crippen LogP contribution is 2.33. The van der Waals surface area contributed by atoms with Gasteiger partial charge in [-0.05, 0) is 37.0 Å². The molecule has 0 aliphatic heterocycles. The maximum atomic E-state index is 12.2. The van der Waals surface area contributed by atoms with Gasteiger partial charge < -0.3 is 10.4 Å². The largest absolute Gasteiger partial charge is 0.480 e. The monoisotopic (exact) mass is 354 g/mol. The van der Waals surface area contributed by atoms with Crippen molar-refractivity contribution >= 4 is 21.9 Å². The number of carbonyl (C=O) groups excluding carboxylic acids is 1. The first-order chi connectivity index (χ1) is 11.3. The predicted molar refractivity (Wildman–Crippen MR) is 89.0 cm³/mol. The van der Waals surface area contributed by atoms with Gasteiger partial charge in [0.05, 0.1) is 5.75 Å². The third-order valence-corrected chi connectivity index (χ3v) is 5.31. The quantitative estimate of drug-likeness (QED) is 0.615. The summed E-state index contributed by atoms with van der Waals surface area (Å²) in [6.45, 7) is 1.70. The van der Waals surface area contributed by atoms with Crippen LogP contribution >= 0.6 is 0 Å². The molecule has 8 heteroatoms. The van der Waals surface area contributed by atoms with Crippen molar-refractivity contribution in [2.45, 2.75) is 38.8 Å². The minimum atomic E-state index is -3.27. The number of carbonyl (C=O) groups is 2. The van der Waals surface area contributed by atoms with E-state index in [0.29, 0.717) is 17.9 Å². The molecule has 1 aliphatic carbocycles. The molecule has 1 aromatic carbocycles. The van der Waals surface area contributed by atoms with E-state index < -0.39 is 27.9 Å². The van der Waals surface area contributed by atoms with Gasteiger partial charge in [0.25, 0.3) is 5.91 Å². The normalized spacial score (nSPS) is 15.7. The zero-order valence-electron chi connectivity index (χ0n) is 13.5. The molecule has 0 aromatic heterocycles. The lowest BCUT2D eigenvalue weighted by molar-refractivity contribution is -0.139. The van der Waals surface area contributed by atoms with E-state index in [-0.39, 0.29) is 12.3 Å². The number of carboxylic acids is 1. The number of hydrogen-bond donors (Lipinski definition) is 3. The molecule has 1 aliphatic rings. The van der Waals surface area contributed by atoms with E-state index in [0.717, 1.165) is 18.4 Å². The van der Waals surface area contributed by atoms with E-state index in [1.807, 2.05) is 0 Å². The van der Waals surface area contributed by atoms with Crippen LogP contribution in [0.25, 0.3) is 0 Å². The van der Waals surface area contributed by atoms with Crippen LogP contribution in [0.4, 0.5) is 0 Å². The van der Waals surface area contributed by atoms with Crippen molar-refractivity contribution in [1.82, 2.24) is 10.0 Å². The summed E-state index contributed by atoms with van der Waals surface area (Å²) in [6, 6.07) is 5.52. The number of nitrogens with one attached hydrogen (secondary N) is 2. The second-order valence-electron chi connectivity index (χ2n) is 5.96. The fourth-order valence-corrected chi connectivity index (χ4v) is 2.81. The van der Waals surface area contributed by atoms with E-state index in [1.165, 1.54) is 0 Å². The van der Waals surface area contributed by atoms with Crippen molar-refractivity contribution in [3.8, 4) is 0 Å². The van der Waals surface area contributed by atoms with E-state index in [4.69, 9.17) is 0 Å². The molecular formula is C16H22N2O5S. The number of aliphatic carboxylic acids is 1. The van der Waals surface area contributed by atoms with Crippen LogP contribution in [0.5, 0.6) is 0 Å². The fraction of sp³-hybridized carbons (Fsp3) is 0.500. The molecule has 0 saturated heterocycles. The topological polar surface area (TPSA) is 113 Å². The average Bonchev–Trinajstić information content (AvgIpc) is 3.37. The average molecular weight is 354 g/mol. The number of amides is 1. The molecule has 1 amide bonds. The first-order valence-corrected chi connectivity index (χ1v) is 9.56. The van der Waals surface area contributed by atoms with Gasteiger partial charge in [-0.1, -0.05) is 25.0 Å². The fourth-order valence-electron chi connectivity index (χ4n) is 2.22. The highest BCUT2D eigenvalue weighted by atomic mass is 32.2. The standard InChI is InChI=1S/C16H22N2O5S/c1-2-24(22,23)17-10-12-5-7-13(8-6-12)15(19)18-14(16(20)21)9-11-3-4-11/h5-8,11,14,17H,2-4,9-10H2,1H3,(H,18,19)(H,20,21). The molecule has 0 heterocycles. The SMILES string of the molecule is CCS(=O)(=O)NCc1ccc(C(=O)NC(CC2CC2)C(=O)O)cc1. The lowest BCUT2D eigenvalue weighted by Crippen LogP contribution is -2.41. The Kier molecular flexibility index (Phi) is 5.95. The smallest absolute Gasteiger partial charge is 0.326 e. The van der Waals surface area contributed by atoms with Gasteiger partial charge in [-0.15, -0.1) is 0 Å². The van der Waals surface area contributed by atoms with Gasteiger partial charge in [0.15, 0.2) is 0 Å². The summed E-state index contributed by atoms with van der Waals surface area (Å²) >= 11 is 0. The summed E-state index contributed by atoms with van der Waals surface area (Å²) in [6.07, 6.45) is 2.49. The highest BCUT2D eigenvalue weighted by Gasteiger charge is 2.30. The van der Waals surface area contributed by atoms with Crippen molar-refractivity contribution in [3.05, 3.63) is 35.4 Å². The third kappa shape index (κ3) is 5.61. The highest BCUT2D eigenvalue weighted by molar-refractivity contribution is 7.89. The van der Waals surface area contributed by atoms with Gasteiger partial charge in [0, 0.05) is 12.1 Å². The summed E-state index contributed by atoms with van der Waals surface area (Å²) in [5.41, 5.74) is 1.07. The maximum Gasteiger partial charge on any atom is 0.326 e. The van der Waals surface area contributed by atoms with E-state index >= 15 is 0 Å². The van der Waals surface area contributed by atoms with Crippen molar-refractivity contribution in [1.29, 1.82) is 0 Å². The van der Waals surface area contributed by atoms with E-state index in [2.05, 4.69) is 10.0 Å². The minimum Gasteiger partial charge on any atom is -0.480 e. The number of hydrogen-bond acceptors (Lipinski definition) is 4. The van der Waals surface area contributed by atoms with Crippen LogP contribution in [0.15, 0.2) is 24.3 Å². The molecule has 0 spiro atoms. The Labute approximate surface area is 141 Å². The first kappa shape index (κ1) is 18.4. The van der Waals surface area contributed by atoms with E-state index in [9.17, 15) is 23.1 Å². The molecule has 1 atom stereocenters. The molecule has 1 fully saturated rings. The van der Waals surface area contributed by atoms with Gasteiger partial charge in [0.1, 0.15) is 6.04 Å². The Hall–Kier alpha value is -1.93. The molecule has 2 rings (SSSR count). The van der Waals surface area contributed by atoms with Crippen molar-refractivity contribution in [2.75, 3.05) is 5.75 Å². The molecule has 1 aromatic rings.